The SMILES string of the molecule is NC(C(=O)O)C1CCCCCCCCC1. The highest BCUT2D eigenvalue weighted by atomic mass is 16.4. The summed E-state index contributed by atoms with van der Waals surface area (Å²) in [5, 5.41) is 8.90. The maximum Gasteiger partial charge on any atom is 0.320 e. The Bertz CT molecular complexity index is 184. The molecule has 15 heavy (non-hydrogen) atoms. The summed E-state index contributed by atoms with van der Waals surface area (Å²) in [5.74, 6) is -0.641. The number of nitrogens with two attached hydrogens (primary N) is 1. The lowest BCUT2D eigenvalue weighted by Crippen LogP contribution is -2.38. The minimum atomic E-state index is -0.836. The second-order valence-corrected chi connectivity index (χ2v) is 4.68. The van der Waals surface area contributed by atoms with Crippen LogP contribution in [0.15, 0.2) is 0 Å². The summed E-state index contributed by atoms with van der Waals surface area (Å²) in [7, 11) is 0. The number of carboxylic acids is 1. The predicted molar refractivity (Wildman–Crippen MR) is 60.7 cm³/mol. The van der Waals surface area contributed by atoms with Crippen LogP contribution in [-0.2, 0) is 4.79 Å². The molecular weight excluding hydrogens is 190 g/mol. The third-order valence-electron chi connectivity index (χ3n) is 3.44. The molecule has 0 saturated heterocycles. The molecule has 0 aliphatic heterocycles. The number of rotatable bonds is 2. The minimum Gasteiger partial charge on any atom is -0.480 e. The molecule has 1 saturated carbocycles. The minimum absolute atomic E-state index is 0.195. The first kappa shape index (κ1) is 12.5. The highest BCUT2D eigenvalue weighted by Gasteiger charge is 2.23. The molecule has 1 aliphatic carbocycles. The van der Waals surface area contributed by atoms with Gasteiger partial charge < -0.3 is 10.8 Å². The van der Waals surface area contributed by atoms with Crippen molar-refractivity contribution in [2.45, 2.75) is 63.8 Å². The van der Waals surface area contributed by atoms with Crippen LogP contribution in [0.25, 0.3) is 0 Å². The Morgan fingerprint density at radius 1 is 1.00 bits per heavy atom. The number of carbonyl (C=O) groups is 1. The van der Waals surface area contributed by atoms with Gasteiger partial charge in [0.15, 0.2) is 0 Å². The van der Waals surface area contributed by atoms with Crippen molar-refractivity contribution in [3.8, 4) is 0 Å². The fourth-order valence-corrected chi connectivity index (χ4v) is 2.40. The molecule has 1 unspecified atom stereocenters. The molecule has 0 aromatic rings. The van der Waals surface area contributed by atoms with Crippen molar-refractivity contribution in [2.24, 2.45) is 11.7 Å². The molecule has 1 fully saturated rings. The number of hydrogen-bond donors (Lipinski definition) is 2. The molecule has 0 aromatic heterocycles. The van der Waals surface area contributed by atoms with E-state index in [-0.39, 0.29) is 5.92 Å². The van der Waals surface area contributed by atoms with E-state index in [1.54, 1.807) is 0 Å². The lowest BCUT2D eigenvalue weighted by Gasteiger charge is -2.21. The average Bonchev–Trinajstić information content (AvgIpc) is 2.24. The Morgan fingerprint density at radius 2 is 1.40 bits per heavy atom. The standard InChI is InChI=1S/C12H23NO2/c13-11(12(14)15)10-8-6-4-2-1-3-5-7-9-10/h10-11H,1-9,13H2,(H,14,15). The zero-order valence-corrected chi connectivity index (χ0v) is 9.45. The van der Waals surface area contributed by atoms with Crippen LogP contribution >= 0.6 is 0 Å². The van der Waals surface area contributed by atoms with Gasteiger partial charge in [-0.2, -0.15) is 0 Å². The van der Waals surface area contributed by atoms with E-state index in [1.165, 1.54) is 32.1 Å². The van der Waals surface area contributed by atoms with Crippen molar-refractivity contribution in [1.82, 2.24) is 0 Å². The van der Waals surface area contributed by atoms with Gasteiger partial charge in [-0.25, -0.2) is 0 Å². The molecule has 0 radical (unpaired) electrons. The quantitative estimate of drug-likeness (QED) is 0.741. The van der Waals surface area contributed by atoms with Crippen molar-refractivity contribution in [3.63, 3.8) is 0 Å². The first-order valence-corrected chi connectivity index (χ1v) is 6.20. The molecule has 1 atom stereocenters. The third-order valence-corrected chi connectivity index (χ3v) is 3.44. The highest BCUT2D eigenvalue weighted by molar-refractivity contribution is 5.73. The fourth-order valence-electron chi connectivity index (χ4n) is 2.40. The molecule has 0 aromatic carbocycles. The van der Waals surface area contributed by atoms with Gasteiger partial charge >= 0.3 is 5.97 Å². The van der Waals surface area contributed by atoms with E-state index in [4.69, 9.17) is 10.8 Å². The topological polar surface area (TPSA) is 63.3 Å². The summed E-state index contributed by atoms with van der Waals surface area (Å²) in [6.07, 6.45) is 10.7. The van der Waals surface area contributed by atoms with Crippen molar-refractivity contribution in [1.29, 1.82) is 0 Å². The van der Waals surface area contributed by atoms with Crippen LogP contribution in [0.5, 0.6) is 0 Å². The summed E-state index contributed by atoms with van der Waals surface area (Å²) >= 11 is 0. The molecule has 3 nitrogen and oxygen atoms in total. The molecule has 0 bridgehead atoms. The maximum absolute atomic E-state index is 10.8. The van der Waals surface area contributed by atoms with Crippen LogP contribution in [0.2, 0.25) is 0 Å². The van der Waals surface area contributed by atoms with E-state index in [9.17, 15) is 4.79 Å². The van der Waals surface area contributed by atoms with Crippen LogP contribution in [-0.4, -0.2) is 17.1 Å². The number of carboxylic acid groups (broad SMARTS) is 1. The van der Waals surface area contributed by atoms with Crippen molar-refractivity contribution in [2.75, 3.05) is 0 Å². The maximum atomic E-state index is 10.8. The molecule has 1 aliphatic rings. The van der Waals surface area contributed by atoms with Crippen LogP contribution in [0, 0.1) is 5.92 Å². The Hall–Kier alpha value is -0.570. The molecule has 0 spiro atoms. The van der Waals surface area contributed by atoms with Gasteiger partial charge in [-0.05, 0) is 18.8 Å². The smallest absolute Gasteiger partial charge is 0.320 e. The Kier molecular flexibility index (Phi) is 5.69. The summed E-state index contributed by atoms with van der Waals surface area (Å²) in [4.78, 5) is 10.8. The second-order valence-electron chi connectivity index (χ2n) is 4.68. The molecule has 3 N–H and O–H groups in total. The van der Waals surface area contributed by atoms with Gasteiger partial charge in [-0.1, -0.05) is 44.9 Å². The molecule has 0 amide bonds. The van der Waals surface area contributed by atoms with E-state index < -0.39 is 12.0 Å². The van der Waals surface area contributed by atoms with Crippen LogP contribution < -0.4 is 5.73 Å². The molecule has 0 heterocycles. The predicted octanol–water partition coefficient (Wildman–Crippen LogP) is 2.54. The van der Waals surface area contributed by atoms with Crippen molar-refractivity contribution >= 4 is 5.97 Å². The Labute approximate surface area is 92.0 Å². The average molecular weight is 213 g/mol. The Balaban J connectivity index is 2.40. The molecular formula is C12H23NO2. The van der Waals surface area contributed by atoms with Gasteiger partial charge in [-0.3, -0.25) is 4.79 Å². The zero-order valence-electron chi connectivity index (χ0n) is 9.45. The summed E-state index contributed by atoms with van der Waals surface area (Å²) in [6, 6.07) is -0.649. The largest absolute Gasteiger partial charge is 0.480 e. The lowest BCUT2D eigenvalue weighted by atomic mass is 9.87. The summed E-state index contributed by atoms with van der Waals surface area (Å²) in [5.41, 5.74) is 5.70. The van der Waals surface area contributed by atoms with E-state index in [1.807, 2.05) is 0 Å². The van der Waals surface area contributed by atoms with Gasteiger partial charge in [0.2, 0.25) is 0 Å². The van der Waals surface area contributed by atoms with Gasteiger partial charge in [0, 0.05) is 0 Å². The fraction of sp³-hybridized carbons (Fsp3) is 0.917. The van der Waals surface area contributed by atoms with Gasteiger partial charge in [0.1, 0.15) is 6.04 Å². The van der Waals surface area contributed by atoms with E-state index in [0.29, 0.717) is 0 Å². The summed E-state index contributed by atoms with van der Waals surface area (Å²) < 4.78 is 0. The number of aliphatic carboxylic acids is 1. The molecule has 3 heteroatoms. The lowest BCUT2D eigenvalue weighted by molar-refractivity contribution is -0.140. The third kappa shape index (κ3) is 4.65. The van der Waals surface area contributed by atoms with Crippen LogP contribution in [0.1, 0.15) is 57.8 Å². The van der Waals surface area contributed by atoms with Gasteiger partial charge in [0.25, 0.3) is 0 Å². The van der Waals surface area contributed by atoms with Crippen LogP contribution in [0.4, 0.5) is 0 Å². The molecule has 1 rings (SSSR count). The zero-order chi connectivity index (χ0) is 11.1. The second kappa shape index (κ2) is 6.83. The van der Waals surface area contributed by atoms with E-state index in [2.05, 4.69) is 0 Å². The van der Waals surface area contributed by atoms with E-state index >= 15 is 0 Å². The highest BCUT2D eigenvalue weighted by Crippen LogP contribution is 2.23. The van der Waals surface area contributed by atoms with Gasteiger partial charge in [0.05, 0.1) is 0 Å². The first-order chi connectivity index (χ1) is 7.22. The van der Waals surface area contributed by atoms with E-state index in [0.717, 1.165) is 25.7 Å². The van der Waals surface area contributed by atoms with Gasteiger partial charge in [-0.15, -0.1) is 0 Å². The van der Waals surface area contributed by atoms with Crippen molar-refractivity contribution < 1.29 is 9.90 Å². The van der Waals surface area contributed by atoms with Crippen LogP contribution in [0.3, 0.4) is 0 Å². The van der Waals surface area contributed by atoms with Crippen molar-refractivity contribution in [3.05, 3.63) is 0 Å². The monoisotopic (exact) mass is 213 g/mol. The first-order valence-electron chi connectivity index (χ1n) is 6.20. The Morgan fingerprint density at radius 3 is 1.80 bits per heavy atom. The molecule has 88 valence electrons. The number of hydrogen-bond acceptors (Lipinski definition) is 2. The normalized spacial score (nSPS) is 23.3. The summed E-state index contributed by atoms with van der Waals surface area (Å²) in [6.45, 7) is 0.